The van der Waals surface area contributed by atoms with Gasteiger partial charge in [0.2, 0.25) is 16.0 Å². The average Bonchev–Trinajstić information content (AvgIpc) is 2.83. The van der Waals surface area contributed by atoms with Gasteiger partial charge in [-0.05, 0) is 43.5 Å². The summed E-state index contributed by atoms with van der Waals surface area (Å²) in [6.45, 7) is -0.195. The van der Waals surface area contributed by atoms with Gasteiger partial charge in [-0.3, -0.25) is 9.10 Å². The van der Waals surface area contributed by atoms with Crippen molar-refractivity contribution in [3.63, 3.8) is 0 Å². The summed E-state index contributed by atoms with van der Waals surface area (Å²) in [4.78, 5) is 24.3. The number of aromatic nitrogens is 3. The molecular weight excluding hydrogens is 523 g/mol. The van der Waals surface area contributed by atoms with Crippen molar-refractivity contribution in [3.05, 3.63) is 65.5 Å². The van der Waals surface area contributed by atoms with Gasteiger partial charge in [-0.1, -0.05) is 12.1 Å². The molecule has 0 bridgehead atoms. The first-order valence-corrected chi connectivity index (χ1v) is 13.5. The monoisotopic (exact) mass is 549 g/mol. The molecule has 2 aromatic heterocycles. The molecule has 3 aromatic rings. The van der Waals surface area contributed by atoms with E-state index in [0.29, 0.717) is 23.0 Å². The van der Waals surface area contributed by atoms with E-state index in [1.54, 1.807) is 36.4 Å². The third-order valence-corrected chi connectivity index (χ3v) is 7.19. The van der Waals surface area contributed by atoms with Crippen molar-refractivity contribution >= 4 is 39.2 Å². The second-order valence-electron chi connectivity index (χ2n) is 8.83. The SMILES string of the molecule is CN(c1ncccc1CNc1nc(Nc2cccc(C(=O)NC3CCC3)c2)ncc1C(F)(F)F)S(C)(=O)=O. The summed E-state index contributed by atoms with van der Waals surface area (Å²) in [5.74, 6) is -0.803. The first kappa shape index (κ1) is 27.1. The van der Waals surface area contributed by atoms with Crippen LogP contribution in [0.25, 0.3) is 0 Å². The van der Waals surface area contributed by atoms with Gasteiger partial charge < -0.3 is 16.0 Å². The van der Waals surface area contributed by atoms with Crippen LogP contribution in [-0.2, 0) is 22.7 Å². The zero-order valence-electron chi connectivity index (χ0n) is 20.6. The van der Waals surface area contributed by atoms with Gasteiger partial charge in [0.15, 0.2) is 0 Å². The summed E-state index contributed by atoms with van der Waals surface area (Å²) < 4.78 is 65.9. The molecule has 0 spiro atoms. The summed E-state index contributed by atoms with van der Waals surface area (Å²) in [5.41, 5.74) is 0.0537. The molecule has 1 aromatic carbocycles. The number of nitrogens with one attached hydrogen (secondary N) is 3. The topological polar surface area (TPSA) is 129 Å². The Morgan fingerprint density at radius 1 is 1.16 bits per heavy atom. The van der Waals surface area contributed by atoms with Crippen LogP contribution >= 0.6 is 0 Å². The molecule has 14 heteroatoms. The molecule has 10 nitrogen and oxygen atoms in total. The van der Waals surface area contributed by atoms with Crippen molar-refractivity contribution in [2.24, 2.45) is 0 Å². The molecular formula is C24H26F3N7O3S. The molecule has 0 saturated heterocycles. The largest absolute Gasteiger partial charge is 0.421 e. The summed E-state index contributed by atoms with van der Waals surface area (Å²) in [5, 5.41) is 8.41. The van der Waals surface area contributed by atoms with Gasteiger partial charge in [0.25, 0.3) is 5.91 Å². The van der Waals surface area contributed by atoms with Crippen LogP contribution in [0.1, 0.15) is 40.7 Å². The van der Waals surface area contributed by atoms with E-state index in [2.05, 4.69) is 30.9 Å². The van der Waals surface area contributed by atoms with Gasteiger partial charge in [-0.25, -0.2) is 18.4 Å². The van der Waals surface area contributed by atoms with Gasteiger partial charge in [-0.15, -0.1) is 0 Å². The molecule has 0 unspecified atom stereocenters. The van der Waals surface area contributed by atoms with Crippen LogP contribution in [0, 0.1) is 0 Å². The van der Waals surface area contributed by atoms with Gasteiger partial charge in [-0.2, -0.15) is 18.2 Å². The number of hydrogen-bond acceptors (Lipinski definition) is 8. The van der Waals surface area contributed by atoms with E-state index >= 15 is 0 Å². The highest BCUT2D eigenvalue weighted by molar-refractivity contribution is 7.92. The number of carbonyl (C=O) groups excluding carboxylic acids is 1. The Morgan fingerprint density at radius 3 is 2.58 bits per heavy atom. The second-order valence-corrected chi connectivity index (χ2v) is 10.8. The summed E-state index contributed by atoms with van der Waals surface area (Å²) >= 11 is 0. The average molecular weight is 550 g/mol. The number of alkyl halides is 3. The summed E-state index contributed by atoms with van der Waals surface area (Å²) in [6, 6.07) is 9.72. The molecule has 38 heavy (non-hydrogen) atoms. The molecule has 1 aliphatic carbocycles. The van der Waals surface area contributed by atoms with Crippen molar-refractivity contribution in [1.29, 1.82) is 0 Å². The van der Waals surface area contributed by atoms with E-state index in [-0.39, 0.29) is 30.3 Å². The Kier molecular flexibility index (Phi) is 7.71. The Balaban J connectivity index is 1.56. The molecule has 0 atom stereocenters. The molecule has 3 N–H and O–H groups in total. The van der Waals surface area contributed by atoms with Crippen molar-refractivity contribution in [1.82, 2.24) is 20.3 Å². The minimum atomic E-state index is -4.75. The number of sulfonamides is 1. The van der Waals surface area contributed by atoms with Gasteiger partial charge in [0.05, 0.1) is 6.26 Å². The summed E-state index contributed by atoms with van der Waals surface area (Å²) in [7, 11) is -2.35. The number of hydrogen-bond donors (Lipinski definition) is 3. The van der Waals surface area contributed by atoms with Crippen molar-refractivity contribution in [2.45, 2.75) is 38.0 Å². The molecule has 4 rings (SSSR count). The second kappa shape index (κ2) is 10.8. The fraction of sp³-hybridized carbons (Fsp3) is 0.333. The van der Waals surface area contributed by atoms with Crippen LogP contribution in [0.5, 0.6) is 0 Å². The zero-order valence-corrected chi connectivity index (χ0v) is 21.4. The fourth-order valence-corrected chi connectivity index (χ4v) is 4.14. The molecule has 1 aliphatic rings. The maximum absolute atomic E-state index is 13.7. The van der Waals surface area contributed by atoms with E-state index in [4.69, 9.17) is 0 Å². The quantitative estimate of drug-likeness (QED) is 0.366. The van der Waals surface area contributed by atoms with E-state index in [1.165, 1.54) is 13.2 Å². The number of benzene rings is 1. The van der Waals surface area contributed by atoms with Crippen LogP contribution in [0.15, 0.2) is 48.8 Å². The molecule has 2 heterocycles. The first-order chi connectivity index (χ1) is 17.9. The Morgan fingerprint density at radius 2 is 1.92 bits per heavy atom. The van der Waals surface area contributed by atoms with Crippen LogP contribution in [0.3, 0.4) is 0 Å². The lowest BCUT2D eigenvalue weighted by Crippen LogP contribution is -2.39. The van der Waals surface area contributed by atoms with Crippen LogP contribution in [0.4, 0.5) is 36.4 Å². The Labute approximate surface area is 217 Å². The van der Waals surface area contributed by atoms with E-state index in [1.807, 2.05) is 0 Å². The zero-order chi connectivity index (χ0) is 27.5. The van der Waals surface area contributed by atoms with E-state index in [9.17, 15) is 26.4 Å². The third-order valence-electron chi connectivity index (χ3n) is 6.02. The predicted octanol–water partition coefficient (Wildman–Crippen LogP) is 3.92. The molecule has 1 amide bonds. The number of nitrogens with zero attached hydrogens (tertiary/aromatic N) is 4. The van der Waals surface area contributed by atoms with Gasteiger partial charge in [0.1, 0.15) is 17.2 Å². The lowest BCUT2D eigenvalue weighted by molar-refractivity contribution is -0.137. The van der Waals surface area contributed by atoms with Crippen LogP contribution in [-0.4, -0.2) is 48.6 Å². The van der Waals surface area contributed by atoms with Crippen molar-refractivity contribution in [2.75, 3.05) is 28.2 Å². The van der Waals surface area contributed by atoms with Gasteiger partial charge >= 0.3 is 6.18 Å². The molecule has 1 fully saturated rings. The number of rotatable bonds is 9. The third kappa shape index (κ3) is 6.49. The normalized spacial score (nSPS) is 13.9. The highest BCUT2D eigenvalue weighted by atomic mass is 32.2. The lowest BCUT2D eigenvalue weighted by atomic mass is 9.93. The minimum absolute atomic E-state index is 0.0699. The highest BCUT2D eigenvalue weighted by Crippen LogP contribution is 2.34. The Hall–Kier alpha value is -3.94. The fourth-order valence-electron chi connectivity index (χ4n) is 3.66. The smallest absolute Gasteiger partial charge is 0.365 e. The highest BCUT2D eigenvalue weighted by Gasteiger charge is 2.35. The number of halogens is 3. The van der Waals surface area contributed by atoms with Crippen molar-refractivity contribution < 1.29 is 26.4 Å². The number of amides is 1. The molecule has 202 valence electrons. The van der Waals surface area contributed by atoms with E-state index < -0.39 is 27.6 Å². The summed E-state index contributed by atoms with van der Waals surface area (Å²) in [6.07, 6.45) is 1.22. The van der Waals surface area contributed by atoms with E-state index in [0.717, 1.165) is 29.8 Å². The number of carbonyl (C=O) groups is 1. The number of pyridine rings is 1. The standard InChI is InChI=1S/C24H26F3N7O3S/c1-34(38(2,36)37)21-16(7-5-11-28-21)13-29-20-19(24(25,26)27)14-30-23(33-20)32-18-10-3-6-15(12-18)22(35)31-17-8-4-9-17/h3,5-7,10-12,14,17H,4,8-9,13H2,1-2H3,(H,31,35)(H2,29,30,32,33). The molecule has 0 radical (unpaired) electrons. The molecule has 0 aliphatic heterocycles. The van der Waals surface area contributed by atoms with Gasteiger partial charge in [0, 0.05) is 48.8 Å². The Bertz CT molecular complexity index is 1430. The molecule has 1 saturated carbocycles. The van der Waals surface area contributed by atoms with Crippen LogP contribution < -0.4 is 20.3 Å². The maximum atomic E-state index is 13.7. The predicted molar refractivity (Wildman–Crippen MR) is 137 cm³/mol. The number of anilines is 4. The lowest BCUT2D eigenvalue weighted by Gasteiger charge is -2.26. The van der Waals surface area contributed by atoms with Crippen LogP contribution in [0.2, 0.25) is 0 Å². The maximum Gasteiger partial charge on any atom is 0.421 e. The van der Waals surface area contributed by atoms with Crippen molar-refractivity contribution in [3.8, 4) is 0 Å². The minimum Gasteiger partial charge on any atom is -0.365 e. The first-order valence-electron chi connectivity index (χ1n) is 11.7.